The third-order valence-electron chi connectivity index (χ3n) is 3.46. The van der Waals surface area contributed by atoms with Crippen molar-refractivity contribution >= 4 is 11.9 Å². The summed E-state index contributed by atoms with van der Waals surface area (Å²) in [5, 5.41) is 0. The van der Waals surface area contributed by atoms with Crippen LogP contribution in [0.15, 0.2) is 65.7 Å². The minimum Gasteiger partial charge on any atom is -0.463 e. The Balaban J connectivity index is 1.94. The molecular weight excluding hydrogens is 278 g/mol. The molecule has 0 aliphatic carbocycles. The van der Waals surface area contributed by atoms with Crippen LogP contribution in [0.4, 0.5) is 0 Å². The quantitative estimate of drug-likeness (QED) is 0.814. The number of ether oxygens (including phenoxy) is 2. The molecule has 0 amide bonds. The van der Waals surface area contributed by atoms with Crippen LogP contribution < -0.4 is 0 Å². The highest BCUT2D eigenvalue weighted by atomic mass is 16.6. The molecule has 0 N–H and O–H groups in total. The second-order valence-corrected chi connectivity index (χ2v) is 4.95. The molecule has 1 aliphatic rings. The smallest absolute Gasteiger partial charge is 0.350 e. The number of hydrogen-bond donors (Lipinski definition) is 0. The van der Waals surface area contributed by atoms with Gasteiger partial charge >= 0.3 is 5.97 Å². The van der Waals surface area contributed by atoms with Gasteiger partial charge < -0.3 is 9.47 Å². The number of hydrogen-bond acceptors (Lipinski definition) is 4. The highest BCUT2D eigenvalue weighted by Crippen LogP contribution is 2.31. The van der Waals surface area contributed by atoms with Crippen molar-refractivity contribution in [2.24, 2.45) is 4.99 Å². The summed E-state index contributed by atoms with van der Waals surface area (Å²) in [5.74, 6) is 0.0959. The Morgan fingerprint density at radius 1 is 1.09 bits per heavy atom. The largest absolute Gasteiger partial charge is 0.463 e. The average Bonchev–Trinajstić information content (AvgIpc) is 3.02. The molecular formula is C18H17NO3. The van der Waals surface area contributed by atoms with Crippen LogP contribution >= 0.6 is 0 Å². The zero-order valence-electron chi connectivity index (χ0n) is 12.3. The average molecular weight is 295 g/mol. The molecule has 112 valence electrons. The van der Waals surface area contributed by atoms with Crippen molar-refractivity contribution < 1.29 is 14.3 Å². The lowest BCUT2D eigenvalue weighted by molar-refractivity contribution is -0.152. The van der Waals surface area contributed by atoms with Crippen molar-refractivity contribution in [2.45, 2.75) is 19.1 Å². The first-order valence-electron chi connectivity index (χ1n) is 7.31. The van der Waals surface area contributed by atoms with Crippen LogP contribution in [0.1, 0.15) is 24.1 Å². The van der Waals surface area contributed by atoms with E-state index >= 15 is 0 Å². The van der Waals surface area contributed by atoms with Crippen molar-refractivity contribution in [2.75, 3.05) is 6.61 Å². The highest BCUT2D eigenvalue weighted by molar-refractivity contribution is 5.98. The fraction of sp³-hybridized carbons (Fsp3) is 0.222. The standard InChI is InChI=1S/C18H17NO3/c1-2-21-18(20)16-15(13-9-5-3-6-10-13)19-17(22-16)14-11-7-4-8-12-14/h3-12,15-16H,2H2,1H3/t15-,16+/m1/s1. The van der Waals surface area contributed by atoms with Crippen molar-refractivity contribution in [1.82, 2.24) is 0 Å². The summed E-state index contributed by atoms with van der Waals surface area (Å²) < 4.78 is 10.9. The summed E-state index contributed by atoms with van der Waals surface area (Å²) in [6, 6.07) is 18.9. The number of benzene rings is 2. The molecule has 3 rings (SSSR count). The molecule has 22 heavy (non-hydrogen) atoms. The first kappa shape index (κ1) is 14.3. The SMILES string of the molecule is CCOC(=O)[C@H]1OC(c2ccccc2)=N[C@@H]1c1ccccc1. The highest BCUT2D eigenvalue weighted by Gasteiger charge is 2.39. The molecule has 0 unspecified atom stereocenters. The maximum absolute atomic E-state index is 12.2. The molecule has 0 saturated carbocycles. The summed E-state index contributed by atoms with van der Waals surface area (Å²) in [6.07, 6.45) is -0.738. The number of carbonyl (C=O) groups excluding carboxylic acids is 1. The van der Waals surface area contributed by atoms with Crippen LogP contribution in [-0.2, 0) is 14.3 Å². The number of nitrogens with zero attached hydrogens (tertiary/aromatic N) is 1. The van der Waals surface area contributed by atoms with Crippen molar-refractivity contribution in [1.29, 1.82) is 0 Å². The van der Waals surface area contributed by atoms with Gasteiger partial charge in [0.05, 0.1) is 6.61 Å². The Morgan fingerprint density at radius 2 is 1.73 bits per heavy atom. The van der Waals surface area contributed by atoms with Crippen LogP contribution in [0.25, 0.3) is 0 Å². The molecule has 0 saturated heterocycles. The summed E-state index contributed by atoms with van der Waals surface area (Å²) in [5.41, 5.74) is 1.79. The van der Waals surface area contributed by atoms with E-state index in [9.17, 15) is 4.79 Å². The van der Waals surface area contributed by atoms with Gasteiger partial charge in [0.1, 0.15) is 6.04 Å². The van der Waals surface area contributed by atoms with Gasteiger partial charge in [0, 0.05) is 5.56 Å². The lowest BCUT2D eigenvalue weighted by Gasteiger charge is -2.16. The fourth-order valence-corrected chi connectivity index (χ4v) is 2.43. The Bertz CT molecular complexity index is 667. The van der Waals surface area contributed by atoms with Gasteiger partial charge in [0.2, 0.25) is 12.0 Å². The van der Waals surface area contributed by atoms with Crippen LogP contribution in [0, 0.1) is 0 Å². The van der Waals surface area contributed by atoms with Gasteiger partial charge in [-0.1, -0.05) is 48.5 Å². The second kappa shape index (κ2) is 6.43. The molecule has 1 heterocycles. The van der Waals surface area contributed by atoms with E-state index in [0.717, 1.165) is 11.1 Å². The minimum atomic E-state index is -0.738. The first-order valence-corrected chi connectivity index (χ1v) is 7.31. The predicted molar refractivity (Wildman–Crippen MR) is 83.7 cm³/mol. The predicted octanol–water partition coefficient (Wildman–Crippen LogP) is 3.14. The third-order valence-corrected chi connectivity index (χ3v) is 3.46. The van der Waals surface area contributed by atoms with E-state index in [0.29, 0.717) is 12.5 Å². The summed E-state index contributed by atoms with van der Waals surface area (Å²) in [6.45, 7) is 2.10. The monoisotopic (exact) mass is 295 g/mol. The van der Waals surface area contributed by atoms with Gasteiger partial charge in [-0.3, -0.25) is 0 Å². The molecule has 2 atom stereocenters. The molecule has 4 heteroatoms. The molecule has 0 spiro atoms. The second-order valence-electron chi connectivity index (χ2n) is 4.95. The van der Waals surface area contributed by atoms with E-state index in [1.807, 2.05) is 60.7 Å². The molecule has 0 fully saturated rings. The molecule has 0 radical (unpaired) electrons. The van der Waals surface area contributed by atoms with Gasteiger partial charge in [-0.15, -0.1) is 0 Å². The van der Waals surface area contributed by atoms with Crippen LogP contribution in [0.3, 0.4) is 0 Å². The summed E-state index contributed by atoms with van der Waals surface area (Å²) >= 11 is 0. The summed E-state index contributed by atoms with van der Waals surface area (Å²) in [7, 11) is 0. The Kier molecular flexibility index (Phi) is 4.19. The maximum Gasteiger partial charge on any atom is 0.350 e. The van der Waals surface area contributed by atoms with Crippen LogP contribution in [-0.4, -0.2) is 24.6 Å². The molecule has 0 aromatic heterocycles. The Hall–Kier alpha value is -2.62. The van der Waals surface area contributed by atoms with Gasteiger partial charge in [-0.2, -0.15) is 0 Å². The topological polar surface area (TPSA) is 47.9 Å². The van der Waals surface area contributed by atoms with Gasteiger partial charge in [0.15, 0.2) is 0 Å². The molecule has 1 aliphatic heterocycles. The van der Waals surface area contributed by atoms with Gasteiger partial charge in [-0.05, 0) is 24.6 Å². The fourth-order valence-electron chi connectivity index (χ4n) is 2.43. The molecule has 2 aromatic rings. The molecule has 0 bridgehead atoms. The third kappa shape index (κ3) is 2.86. The van der Waals surface area contributed by atoms with Crippen LogP contribution in [0.5, 0.6) is 0 Å². The van der Waals surface area contributed by atoms with Crippen molar-refractivity contribution in [3.63, 3.8) is 0 Å². The zero-order valence-corrected chi connectivity index (χ0v) is 12.3. The normalized spacial score (nSPS) is 20.1. The van der Waals surface area contributed by atoms with E-state index in [-0.39, 0.29) is 12.0 Å². The van der Waals surface area contributed by atoms with Crippen molar-refractivity contribution in [3.05, 3.63) is 71.8 Å². The summed E-state index contributed by atoms with van der Waals surface area (Å²) in [4.78, 5) is 16.8. The van der Waals surface area contributed by atoms with E-state index < -0.39 is 6.10 Å². The Labute approximate surface area is 129 Å². The zero-order chi connectivity index (χ0) is 15.4. The lowest BCUT2D eigenvalue weighted by Crippen LogP contribution is -2.29. The number of carbonyl (C=O) groups is 1. The molecule has 4 nitrogen and oxygen atoms in total. The van der Waals surface area contributed by atoms with E-state index in [4.69, 9.17) is 9.47 Å². The number of rotatable bonds is 4. The van der Waals surface area contributed by atoms with Gasteiger partial charge in [-0.25, -0.2) is 9.79 Å². The first-order chi connectivity index (χ1) is 10.8. The van der Waals surface area contributed by atoms with E-state index in [2.05, 4.69) is 4.99 Å². The number of esters is 1. The van der Waals surface area contributed by atoms with E-state index in [1.54, 1.807) is 6.92 Å². The van der Waals surface area contributed by atoms with E-state index in [1.165, 1.54) is 0 Å². The Morgan fingerprint density at radius 3 is 2.36 bits per heavy atom. The number of aliphatic imine (C=N–C) groups is 1. The molecule has 2 aromatic carbocycles. The maximum atomic E-state index is 12.2. The lowest BCUT2D eigenvalue weighted by atomic mass is 10.0. The van der Waals surface area contributed by atoms with Gasteiger partial charge in [0.25, 0.3) is 0 Å². The minimum absolute atomic E-state index is 0.320. The van der Waals surface area contributed by atoms with Crippen LogP contribution in [0.2, 0.25) is 0 Å². The van der Waals surface area contributed by atoms with Crippen molar-refractivity contribution in [3.8, 4) is 0 Å².